The van der Waals surface area contributed by atoms with Crippen LogP contribution in [0, 0.1) is 4.77 Å². The third-order valence-electron chi connectivity index (χ3n) is 1.88. The predicted octanol–water partition coefficient (Wildman–Crippen LogP) is 1.65. The number of aromatic nitrogens is 2. The smallest absolute Gasteiger partial charge is 0.200 e. The van der Waals surface area contributed by atoms with Gasteiger partial charge in [-0.25, -0.2) is 4.98 Å². The highest BCUT2D eigenvalue weighted by molar-refractivity contribution is 7.71. The van der Waals surface area contributed by atoms with E-state index in [4.69, 9.17) is 23.7 Å². The fourth-order valence-electron chi connectivity index (χ4n) is 1.15. The van der Waals surface area contributed by atoms with Gasteiger partial charge >= 0.3 is 0 Å². The molecule has 0 bridgehead atoms. The zero-order valence-corrected chi connectivity index (χ0v) is 8.45. The monoisotopic (exact) mass is 198 g/mol. The van der Waals surface area contributed by atoms with Crippen LogP contribution in [0.1, 0.15) is 25.3 Å². The average molecular weight is 198 g/mol. The Hall–Kier alpha value is -1.10. The van der Waals surface area contributed by atoms with Crippen LogP contribution in [0.15, 0.2) is 0 Å². The Morgan fingerprint density at radius 2 is 2.15 bits per heavy atom. The molecule has 0 atom stereocenters. The maximum absolute atomic E-state index is 5.72. The Bertz CT molecular complexity index is 318. The zero-order valence-electron chi connectivity index (χ0n) is 7.63. The molecule has 13 heavy (non-hydrogen) atoms. The van der Waals surface area contributed by atoms with Crippen molar-refractivity contribution in [3.63, 3.8) is 0 Å². The first-order valence-electron chi connectivity index (χ1n) is 4.29. The van der Waals surface area contributed by atoms with E-state index >= 15 is 0 Å². The summed E-state index contributed by atoms with van der Waals surface area (Å²) in [6.07, 6.45) is 3.02. The van der Waals surface area contributed by atoms with Gasteiger partial charge in [0.25, 0.3) is 0 Å². The van der Waals surface area contributed by atoms with Crippen molar-refractivity contribution in [2.24, 2.45) is 0 Å². The van der Waals surface area contributed by atoms with E-state index in [1.54, 1.807) is 0 Å². The number of hydrogen-bond donors (Lipinski definition) is 3. The van der Waals surface area contributed by atoms with Crippen LogP contribution < -0.4 is 11.5 Å². The molecule has 0 fully saturated rings. The van der Waals surface area contributed by atoms with Gasteiger partial charge < -0.3 is 16.5 Å². The fourth-order valence-corrected chi connectivity index (χ4v) is 1.36. The highest BCUT2D eigenvalue weighted by Crippen LogP contribution is 2.16. The summed E-state index contributed by atoms with van der Waals surface area (Å²) in [6, 6.07) is 0. The average Bonchev–Trinajstić information content (AvgIpc) is 2.02. The highest BCUT2D eigenvalue weighted by atomic mass is 32.1. The molecule has 0 aliphatic rings. The van der Waals surface area contributed by atoms with Crippen LogP contribution in [0.4, 0.5) is 11.6 Å². The van der Waals surface area contributed by atoms with Crippen LogP contribution in [-0.2, 0) is 6.42 Å². The minimum atomic E-state index is 0.343. The van der Waals surface area contributed by atoms with E-state index in [1.807, 2.05) is 0 Å². The van der Waals surface area contributed by atoms with E-state index in [1.165, 1.54) is 0 Å². The van der Waals surface area contributed by atoms with E-state index in [0.717, 1.165) is 24.8 Å². The molecular formula is C8H14N4S. The maximum Gasteiger partial charge on any atom is 0.200 e. The molecule has 72 valence electrons. The summed E-state index contributed by atoms with van der Waals surface area (Å²) in [6.45, 7) is 2.12. The Morgan fingerprint density at radius 1 is 1.46 bits per heavy atom. The van der Waals surface area contributed by atoms with Crippen molar-refractivity contribution in [1.82, 2.24) is 9.97 Å². The van der Waals surface area contributed by atoms with Gasteiger partial charge in [0.15, 0.2) is 4.77 Å². The van der Waals surface area contributed by atoms with Crippen LogP contribution in [0.2, 0.25) is 0 Å². The van der Waals surface area contributed by atoms with Crippen LogP contribution >= 0.6 is 12.2 Å². The lowest BCUT2D eigenvalue weighted by molar-refractivity contribution is 0.791. The van der Waals surface area contributed by atoms with Crippen molar-refractivity contribution in [3.05, 3.63) is 10.3 Å². The first-order valence-corrected chi connectivity index (χ1v) is 4.70. The molecule has 0 spiro atoms. The summed E-state index contributed by atoms with van der Waals surface area (Å²) >= 11 is 4.83. The highest BCUT2D eigenvalue weighted by Gasteiger charge is 2.04. The van der Waals surface area contributed by atoms with Crippen LogP contribution in [-0.4, -0.2) is 9.97 Å². The van der Waals surface area contributed by atoms with Gasteiger partial charge in [-0.2, -0.15) is 0 Å². The molecule has 1 aromatic heterocycles. The lowest BCUT2D eigenvalue weighted by atomic mass is 10.1. The van der Waals surface area contributed by atoms with Crippen molar-refractivity contribution in [3.8, 4) is 0 Å². The lowest BCUT2D eigenvalue weighted by Gasteiger charge is -2.06. The predicted molar refractivity (Wildman–Crippen MR) is 56.9 cm³/mol. The van der Waals surface area contributed by atoms with Crippen LogP contribution in [0.5, 0.6) is 0 Å². The van der Waals surface area contributed by atoms with E-state index in [0.29, 0.717) is 16.4 Å². The van der Waals surface area contributed by atoms with Gasteiger partial charge in [0.1, 0.15) is 11.6 Å². The number of nitrogens with one attached hydrogen (secondary N) is 1. The Balaban J connectivity index is 2.99. The molecule has 0 saturated carbocycles. The van der Waals surface area contributed by atoms with Gasteiger partial charge in [0.05, 0.1) is 0 Å². The topological polar surface area (TPSA) is 80.7 Å². The molecule has 5 N–H and O–H groups in total. The molecule has 1 aromatic rings. The number of nitrogen functional groups attached to an aromatic ring is 2. The summed E-state index contributed by atoms with van der Waals surface area (Å²) in [4.78, 5) is 6.73. The second-order valence-corrected chi connectivity index (χ2v) is 3.31. The second kappa shape index (κ2) is 4.23. The maximum atomic E-state index is 5.72. The van der Waals surface area contributed by atoms with Gasteiger partial charge in [-0.1, -0.05) is 13.3 Å². The lowest BCUT2D eigenvalue weighted by Crippen LogP contribution is -2.05. The fraction of sp³-hybridized carbons (Fsp3) is 0.500. The Kier molecular flexibility index (Phi) is 3.25. The molecule has 0 amide bonds. The molecule has 0 aromatic carbocycles. The summed E-state index contributed by atoms with van der Waals surface area (Å²) < 4.78 is 0.343. The zero-order chi connectivity index (χ0) is 9.84. The quantitative estimate of drug-likeness (QED) is 0.645. The molecule has 0 radical (unpaired) electrons. The van der Waals surface area contributed by atoms with Crippen LogP contribution in [0.25, 0.3) is 0 Å². The Morgan fingerprint density at radius 3 is 2.69 bits per heavy atom. The third kappa shape index (κ3) is 2.42. The van der Waals surface area contributed by atoms with E-state index < -0.39 is 0 Å². The first kappa shape index (κ1) is 9.98. The molecular weight excluding hydrogens is 184 g/mol. The molecule has 5 heteroatoms. The normalized spacial score (nSPS) is 10.2. The van der Waals surface area contributed by atoms with Crippen molar-refractivity contribution in [1.29, 1.82) is 0 Å². The number of nitrogens with zero attached hydrogens (tertiary/aromatic N) is 1. The second-order valence-electron chi connectivity index (χ2n) is 2.92. The van der Waals surface area contributed by atoms with E-state index in [2.05, 4.69) is 16.9 Å². The summed E-state index contributed by atoms with van der Waals surface area (Å²) in [5, 5.41) is 0. The largest absolute Gasteiger partial charge is 0.385 e. The molecule has 0 aliphatic carbocycles. The molecule has 4 nitrogen and oxygen atoms in total. The minimum Gasteiger partial charge on any atom is -0.385 e. The standard InChI is InChI=1S/C8H14N4S/c1-2-3-4-5-6(9)11-8(13)12-7(5)10/h2-4H2,1H3,(H5,9,10,11,12,13). The van der Waals surface area contributed by atoms with Crippen molar-refractivity contribution >= 4 is 23.9 Å². The SMILES string of the molecule is CCCCc1c(N)nc(=S)[nH]c1N. The van der Waals surface area contributed by atoms with Gasteiger partial charge in [-0.3, -0.25) is 0 Å². The Labute approximate surface area is 82.4 Å². The number of rotatable bonds is 3. The minimum absolute atomic E-state index is 0.343. The van der Waals surface area contributed by atoms with Crippen LogP contribution in [0.3, 0.4) is 0 Å². The third-order valence-corrected chi connectivity index (χ3v) is 2.07. The number of hydrogen-bond acceptors (Lipinski definition) is 4. The summed E-state index contributed by atoms with van der Waals surface area (Å²) in [7, 11) is 0. The van der Waals surface area contributed by atoms with E-state index in [-0.39, 0.29) is 0 Å². The van der Waals surface area contributed by atoms with Gasteiger partial charge in [-0.05, 0) is 25.1 Å². The number of unbranched alkanes of at least 4 members (excludes halogenated alkanes) is 1. The van der Waals surface area contributed by atoms with Gasteiger partial charge in [0.2, 0.25) is 0 Å². The summed E-state index contributed by atoms with van der Waals surface area (Å²) in [5.74, 6) is 1.00. The first-order chi connectivity index (χ1) is 6.15. The summed E-state index contributed by atoms with van der Waals surface area (Å²) in [5.41, 5.74) is 12.3. The van der Waals surface area contributed by atoms with Gasteiger partial charge in [-0.15, -0.1) is 0 Å². The number of anilines is 2. The number of nitrogens with two attached hydrogens (primary N) is 2. The molecule has 1 heterocycles. The molecule has 0 unspecified atom stereocenters. The molecule has 0 saturated heterocycles. The van der Waals surface area contributed by atoms with E-state index in [9.17, 15) is 0 Å². The van der Waals surface area contributed by atoms with Crippen molar-refractivity contribution in [2.45, 2.75) is 26.2 Å². The molecule has 1 rings (SSSR count). The van der Waals surface area contributed by atoms with Gasteiger partial charge in [0, 0.05) is 5.56 Å². The van der Waals surface area contributed by atoms with Crippen molar-refractivity contribution in [2.75, 3.05) is 11.5 Å². The number of H-pyrrole nitrogens is 1. The number of aromatic amines is 1. The van der Waals surface area contributed by atoms with Crippen molar-refractivity contribution < 1.29 is 0 Å². The molecule has 0 aliphatic heterocycles.